The van der Waals surface area contributed by atoms with Crippen molar-refractivity contribution in [1.29, 1.82) is 0 Å². The van der Waals surface area contributed by atoms with Gasteiger partial charge in [-0.05, 0) is 39.2 Å². The molecule has 2 nitrogen and oxygen atoms in total. The maximum absolute atomic E-state index is 11.4. The molecule has 0 aromatic rings. The van der Waals surface area contributed by atoms with Crippen molar-refractivity contribution >= 4 is 5.78 Å². The molecular formula is C11H19NO. The van der Waals surface area contributed by atoms with Crippen molar-refractivity contribution in [1.82, 2.24) is 4.90 Å². The van der Waals surface area contributed by atoms with E-state index in [0.717, 1.165) is 12.3 Å². The summed E-state index contributed by atoms with van der Waals surface area (Å²) in [5.74, 6) is 1.17. The molecule has 2 heteroatoms. The number of fused-ring (bicyclic) bond motifs is 1. The molecule has 2 rings (SSSR count). The Kier molecular flexibility index (Phi) is 2.41. The van der Waals surface area contributed by atoms with Gasteiger partial charge in [0, 0.05) is 6.04 Å². The molecule has 2 aliphatic rings. The average Bonchev–Trinajstić information content (AvgIpc) is 2.45. The molecule has 0 aromatic carbocycles. The second kappa shape index (κ2) is 3.41. The Morgan fingerprint density at radius 2 is 2.00 bits per heavy atom. The summed E-state index contributed by atoms with van der Waals surface area (Å²) in [6.07, 6.45) is 6.51. The second-order valence-corrected chi connectivity index (χ2v) is 4.64. The Bertz CT molecular complexity index is 214. The van der Waals surface area contributed by atoms with Crippen LogP contribution in [0.25, 0.3) is 0 Å². The number of likely N-dealkylation sites (N-methyl/N-ethyl adjacent to an activating group) is 1. The number of ketones is 1. The van der Waals surface area contributed by atoms with Gasteiger partial charge in [0.15, 0.2) is 0 Å². The van der Waals surface area contributed by atoms with E-state index in [9.17, 15) is 4.79 Å². The van der Waals surface area contributed by atoms with Crippen LogP contribution < -0.4 is 0 Å². The van der Waals surface area contributed by atoms with Crippen LogP contribution in [0.4, 0.5) is 0 Å². The monoisotopic (exact) mass is 181 g/mol. The van der Waals surface area contributed by atoms with E-state index in [1.165, 1.54) is 25.7 Å². The van der Waals surface area contributed by atoms with Gasteiger partial charge >= 0.3 is 0 Å². The highest BCUT2D eigenvalue weighted by atomic mass is 16.1. The van der Waals surface area contributed by atoms with Gasteiger partial charge in [0.25, 0.3) is 0 Å². The van der Waals surface area contributed by atoms with Gasteiger partial charge in [-0.25, -0.2) is 0 Å². The lowest BCUT2D eigenvalue weighted by Crippen LogP contribution is -2.38. The van der Waals surface area contributed by atoms with Gasteiger partial charge in [0.05, 0.1) is 6.04 Å². The van der Waals surface area contributed by atoms with Gasteiger partial charge < -0.3 is 0 Å². The van der Waals surface area contributed by atoms with Gasteiger partial charge in [0.1, 0.15) is 5.78 Å². The molecule has 1 unspecified atom stereocenters. The Morgan fingerprint density at radius 1 is 1.31 bits per heavy atom. The smallest absolute Gasteiger partial charge is 0.146 e. The van der Waals surface area contributed by atoms with E-state index in [1.54, 1.807) is 6.92 Å². The van der Waals surface area contributed by atoms with Gasteiger partial charge in [-0.3, -0.25) is 9.69 Å². The van der Waals surface area contributed by atoms with Gasteiger partial charge in [-0.2, -0.15) is 0 Å². The minimum absolute atomic E-state index is 0.230. The fraction of sp³-hybridized carbons (Fsp3) is 0.909. The highest BCUT2D eigenvalue weighted by Gasteiger charge is 2.41. The molecule has 0 amide bonds. The van der Waals surface area contributed by atoms with Crippen LogP contribution in [0, 0.1) is 5.92 Å². The molecule has 13 heavy (non-hydrogen) atoms. The number of nitrogens with zero attached hydrogens (tertiary/aromatic N) is 1. The van der Waals surface area contributed by atoms with Crippen molar-refractivity contribution in [2.24, 2.45) is 5.92 Å². The summed E-state index contributed by atoms with van der Waals surface area (Å²) < 4.78 is 0. The molecule has 0 bridgehead atoms. The lowest BCUT2D eigenvalue weighted by Gasteiger charge is -2.30. The van der Waals surface area contributed by atoms with Crippen LogP contribution in [-0.2, 0) is 4.79 Å². The maximum Gasteiger partial charge on any atom is 0.146 e. The number of rotatable bonds is 1. The van der Waals surface area contributed by atoms with Crippen molar-refractivity contribution in [3.8, 4) is 0 Å². The van der Waals surface area contributed by atoms with E-state index >= 15 is 0 Å². The minimum Gasteiger partial charge on any atom is -0.298 e. The van der Waals surface area contributed by atoms with Crippen molar-refractivity contribution in [2.75, 3.05) is 7.05 Å². The standard InChI is InChI=1S/C11H19NO/c1-8(13)11-7-9-5-3-4-6-10(9)12(11)2/h9-11H,3-7H2,1-2H3/t9-,10-,11?/m0/s1. The van der Waals surface area contributed by atoms with Gasteiger partial charge in [0.2, 0.25) is 0 Å². The zero-order valence-corrected chi connectivity index (χ0v) is 8.62. The summed E-state index contributed by atoms with van der Waals surface area (Å²) in [4.78, 5) is 13.7. The Balaban J connectivity index is 2.09. The molecule has 1 saturated carbocycles. The first-order valence-corrected chi connectivity index (χ1v) is 5.42. The molecule has 3 atom stereocenters. The van der Waals surface area contributed by atoms with Crippen LogP contribution >= 0.6 is 0 Å². The summed E-state index contributed by atoms with van der Waals surface area (Å²) in [6.45, 7) is 1.73. The summed E-state index contributed by atoms with van der Waals surface area (Å²) in [7, 11) is 2.13. The van der Waals surface area contributed by atoms with Crippen molar-refractivity contribution in [3.63, 3.8) is 0 Å². The van der Waals surface area contributed by atoms with Crippen molar-refractivity contribution in [2.45, 2.75) is 51.1 Å². The minimum atomic E-state index is 0.230. The Morgan fingerprint density at radius 3 is 2.62 bits per heavy atom. The Hall–Kier alpha value is -0.370. The van der Waals surface area contributed by atoms with E-state index in [2.05, 4.69) is 11.9 Å². The zero-order chi connectivity index (χ0) is 9.42. The molecule has 0 radical (unpaired) electrons. The second-order valence-electron chi connectivity index (χ2n) is 4.64. The summed E-state index contributed by atoms with van der Waals surface area (Å²) in [5.41, 5.74) is 0. The summed E-state index contributed by atoms with van der Waals surface area (Å²) in [6, 6.07) is 0.941. The normalized spacial score (nSPS) is 40.3. The topological polar surface area (TPSA) is 20.3 Å². The molecule has 0 spiro atoms. The predicted octanol–water partition coefficient (Wildman–Crippen LogP) is 1.84. The Labute approximate surface area is 80.3 Å². The summed E-state index contributed by atoms with van der Waals surface area (Å²) >= 11 is 0. The number of carbonyl (C=O) groups excluding carboxylic acids is 1. The first-order valence-electron chi connectivity index (χ1n) is 5.42. The molecule has 2 fully saturated rings. The van der Waals surface area contributed by atoms with Crippen LogP contribution in [-0.4, -0.2) is 29.8 Å². The van der Waals surface area contributed by atoms with E-state index < -0.39 is 0 Å². The third kappa shape index (κ3) is 1.52. The predicted molar refractivity (Wildman–Crippen MR) is 52.6 cm³/mol. The van der Waals surface area contributed by atoms with E-state index in [1.807, 2.05) is 0 Å². The SMILES string of the molecule is CC(=O)C1C[C@@H]2CCCC[C@@H]2N1C. The number of hydrogen-bond donors (Lipinski definition) is 0. The van der Waals surface area contributed by atoms with Crippen LogP contribution in [0.5, 0.6) is 0 Å². The van der Waals surface area contributed by atoms with Gasteiger partial charge in [-0.15, -0.1) is 0 Å². The number of likely N-dealkylation sites (tertiary alicyclic amines) is 1. The highest BCUT2D eigenvalue weighted by Crippen LogP contribution is 2.38. The highest BCUT2D eigenvalue weighted by molar-refractivity contribution is 5.81. The van der Waals surface area contributed by atoms with Crippen LogP contribution in [0.3, 0.4) is 0 Å². The quantitative estimate of drug-likeness (QED) is 0.615. The lowest BCUT2D eigenvalue weighted by atomic mass is 9.84. The maximum atomic E-state index is 11.4. The molecule has 1 aliphatic heterocycles. The molecule has 74 valence electrons. The third-order valence-electron chi connectivity index (χ3n) is 3.88. The molecule has 0 N–H and O–H groups in total. The fourth-order valence-corrected chi connectivity index (χ4v) is 3.14. The number of Topliss-reactive ketones (excluding diaryl/α,β-unsaturated/α-hetero) is 1. The molecule has 0 aromatic heterocycles. The summed E-state index contributed by atoms with van der Waals surface area (Å²) in [5, 5.41) is 0. The van der Waals surface area contributed by atoms with Crippen molar-refractivity contribution in [3.05, 3.63) is 0 Å². The first-order chi connectivity index (χ1) is 6.20. The van der Waals surface area contributed by atoms with Crippen LogP contribution in [0.1, 0.15) is 39.0 Å². The van der Waals surface area contributed by atoms with E-state index in [4.69, 9.17) is 0 Å². The largest absolute Gasteiger partial charge is 0.298 e. The number of carbonyl (C=O) groups is 1. The van der Waals surface area contributed by atoms with Crippen LogP contribution in [0.15, 0.2) is 0 Å². The molecule has 1 heterocycles. The fourth-order valence-electron chi connectivity index (χ4n) is 3.14. The van der Waals surface area contributed by atoms with Crippen molar-refractivity contribution < 1.29 is 4.79 Å². The van der Waals surface area contributed by atoms with E-state index in [0.29, 0.717) is 11.8 Å². The van der Waals surface area contributed by atoms with Crippen LogP contribution in [0.2, 0.25) is 0 Å². The van der Waals surface area contributed by atoms with Gasteiger partial charge in [-0.1, -0.05) is 12.8 Å². The zero-order valence-electron chi connectivity index (χ0n) is 8.62. The van der Waals surface area contributed by atoms with E-state index in [-0.39, 0.29) is 6.04 Å². The third-order valence-corrected chi connectivity index (χ3v) is 3.88. The lowest BCUT2D eigenvalue weighted by molar-refractivity contribution is -0.121. The molecular weight excluding hydrogens is 162 g/mol. The number of hydrogen-bond acceptors (Lipinski definition) is 2. The molecule has 1 aliphatic carbocycles. The first kappa shape index (κ1) is 9.20. The molecule has 1 saturated heterocycles. The average molecular weight is 181 g/mol.